The van der Waals surface area contributed by atoms with Crippen LogP contribution in [0.4, 0.5) is 0 Å². The van der Waals surface area contributed by atoms with Crippen LogP contribution < -0.4 is 10.6 Å². The van der Waals surface area contributed by atoms with Crippen molar-refractivity contribution in [2.75, 3.05) is 6.54 Å². The van der Waals surface area contributed by atoms with Crippen LogP contribution in [0.25, 0.3) is 6.08 Å². The summed E-state index contributed by atoms with van der Waals surface area (Å²) in [5.74, 6) is -2.27. The fourth-order valence-corrected chi connectivity index (χ4v) is 6.91. The van der Waals surface area contributed by atoms with Crippen LogP contribution in [0.2, 0.25) is 0 Å². The molecule has 1 aliphatic heterocycles. The van der Waals surface area contributed by atoms with Crippen molar-refractivity contribution in [2.45, 2.75) is 107 Å². The fraction of sp³-hybridized carbons (Fsp3) is 0.486. The molecule has 1 aliphatic carbocycles. The molecule has 0 radical (unpaired) electrons. The molecule has 0 spiro atoms. The number of nitrogens with one attached hydrogen (secondary N) is 2. The first-order valence-corrected chi connectivity index (χ1v) is 17.3. The van der Waals surface area contributed by atoms with Crippen LogP contribution in [0.5, 0.6) is 5.75 Å². The number of aromatic hydroxyl groups is 1. The number of hydrogen-bond acceptors (Lipinski definition) is 10. The molecule has 2 aromatic carbocycles. The number of aromatic nitrogens is 3. The lowest BCUT2D eigenvalue weighted by Gasteiger charge is -2.47. The van der Waals surface area contributed by atoms with Crippen molar-refractivity contribution in [3.63, 3.8) is 0 Å². The number of hydrogen-bond donors (Lipinski definition) is 7. The molecule has 6 atom stereocenters. The summed E-state index contributed by atoms with van der Waals surface area (Å²) in [5, 5.41) is 67.9. The van der Waals surface area contributed by atoms with Crippen molar-refractivity contribution >= 4 is 23.9 Å². The van der Waals surface area contributed by atoms with Gasteiger partial charge in [-0.1, -0.05) is 67.0 Å². The summed E-state index contributed by atoms with van der Waals surface area (Å²) in [5.41, 5.74) is 0.754. The van der Waals surface area contributed by atoms with E-state index in [1.54, 1.807) is 32.2 Å². The second kappa shape index (κ2) is 16.6. The summed E-state index contributed by atoms with van der Waals surface area (Å²) in [6.45, 7) is 2.53. The molecule has 1 saturated carbocycles. The summed E-state index contributed by atoms with van der Waals surface area (Å²) in [6, 6.07) is 10.8. The van der Waals surface area contributed by atoms with Crippen LogP contribution in [-0.4, -0.2) is 101 Å². The van der Waals surface area contributed by atoms with E-state index in [9.17, 15) is 39.9 Å². The molecular formula is C37H47N5O9. The van der Waals surface area contributed by atoms with Crippen molar-refractivity contribution in [1.82, 2.24) is 25.6 Å². The van der Waals surface area contributed by atoms with E-state index < -0.39 is 66.8 Å². The van der Waals surface area contributed by atoms with Gasteiger partial charge in [0.05, 0.1) is 23.9 Å². The van der Waals surface area contributed by atoms with Gasteiger partial charge >= 0.3 is 5.97 Å². The second-order valence-corrected chi connectivity index (χ2v) is 13.7. The van der Waals surface area contributed by atoms with Crippen LogP contribution in [-0.2, 0) is 20.9 Å². The summed E-state index contributed by atoms with van der Waals surface area (Å²) in [6.07, 6.45) is 3.06. The standard InChI is InChI=1S/C37H47N5O9/c1-22-16-26(17-23(2)32(22)46)35(48)38-19-29(44)33(47)34-31(39-30(45)21-42-20-27(40-41-42)25-13-7-4-8-14-25)28(43)18-37(51-34,36(49)50)15-9-12-24-10-5-3-6-11-24/h3,5-6,9-12,16-17,20,25,28-29,31,33-34,43-44,46-47H,4,7-8,13-15,18-19,21H2,1-2H3,(H,38,48)(H,39,45)(H,49,50)/b12-9+/t28-,29+,31+,33+,34+,37+/m0/s1. The zero-order valence-electron chi connectivity index (χ0n) is 28.8. The SMILES string of the molecule is Cc1cc(C(=O)NC[C@@H](O)[C@@H](O)[C@@H]2O[C@@](C/C=C/c3ccccc3)(C(=O)O)C[C@H](O)[C@H]2NC(=O)Cn2cc(C3CCCCC3)nn2)cc(C)c1O. The third-order valence-electron chi connectivity index (χ3n) is 9.79. The highest BCUT2D eigenvalue weighted by Gasteiger charge is 2.54. The average molecular weight is 706 g/mol. The van der Waals surface area contributed by atoms with E-state index in [1.807, 2.05) is 30.3 Å². The van der Waals surface area contributed by atoms with Gasteiger partial charge in [0, 0.05) is 37.1 Å². The quantitative estimate of drug-likeness (QED) is 0.137. The van der Waals surface area contributed by atoms with Crippen molar-refractivity contribution in [2.24, 2.45) is 0 Å². The molecule has 2 heterocycles. The van der Waals surface area contributed by atoms with Crippen LogP contribution in [0.1, 0.15) is 83.6 Å². The molecule has 2 aliphatic rings. The normalized spacial score (nSPS) is 23.8. The minimum atomic E-state index is -2.03. The van der Waals surface area contributed by atoms with Crippen LogP contribution in [0, 0.1) is 13.8 Å². The molecular weight excluding hydrogens is 658 g/mol. The van der Waals surface area contributed by atoms with Crippen LogP contribution in [0.15, 0.2) is 54.7 Å². The van der Waals surface area contributed by atoms with Gasteiger partial charge in [-0.05, 0) is 55.5 Å². The number of aliphatic carboxylic acids is 1. The first-order chi connectivity index (χ1) is 24.4. The zero-order valence-corrected chi connectivity index (χ0v) is 28.8. The van der Waals surface area contributed by atoms with Gasteiger partial charge in [-0.2, -0.15) is 0 Å². The maximum Gasteiger partial charge on any atom is 0.336 e. The van der Waals surface area contributed by atoms with Gasteiger partial charge in [-0.15, -0.1) is 5.10 Å². The van der Waals surface area contributed by atoms with Gasteiger partial charge in [-0.3, -0.25) is 9.59 Å². The lowest BCUT2D eigenvalue weighted by molar-refractivity contribution is -0.226. The average Bonchev–Trinajstić information content (AvgIpc) is 3.59. The third kappa shape index (κ3) is 9.19. The molecule has 274 valence electrons. The predicted octanol–water partition coefficient (Wildman–Crippen LogP) is 2.36. The molecule has 1 saturated heterocycles. The summed E-state index contributed by atoms with van der Waals surface area (Å²) < 4.78 is 7.48. The number of ether oxygens (including phenoxy) is 1. The Morgan fingerprint density at radius 2 is 1.76 bits per heavy atom. The monoisotopic (exact) mass is 705 g/mol. The maximum absolute atomic E-state index is 13.3. The maximum atomic E-state index is 13.3. The molecule has 5 rings (SSSR count). The number of phenolic OH excluding ortho intramolecular Hbond substituents is 1. The number of aliphatic hydroxyl groups is 3. The predicted molar refractivity (Wildman–Crippen MR) is 186 cm³/mol. The molecule has 14 nitrogen and oxygen atoms in total. The molecule has 14 heteroatoms. The molecule has 2 amide bonds. The first kappa shape index (κ1) is 37.6. The Morgan fingerprint density at radius 3 is 2.43 bits per heavy atom. The second-order valence-electron chi connectivity index (χ2n) is 13.7. The number of benzene rings is 2. The number of phenols is 1. The molecule has 2 fully saturated rings. The Bertz CT molecular complexity index is 1680. The van der Waals surface area contributed by atoms with Crippen molar-refractivity contribution in [3.05, 3.63) is 82.7 Å². The summed E-state index contributed by atoms with van der Waals surface area (Å²) in [4.78, 5) is 39.0. The number of nitrogens with zero attached hydrogens (tertiary/aromatic N) is 3. The Kier molecular flexibility index (Phi) is 12.2. The third-order valence-corrected chi connectivity index (χ3v) is 9.79. The number of aliphatic hydroxyl groups excluding tert-OH is 3. The molecule has 7 N–H and O–H groups in total. The zero-order chi connectivity index (χ0) is 36.7. The van der Waals surface area contributed by atoms with Gasteiger partial charge in [0.25, 0.3) is 5.91 Å². The van der Waals surface area contributed by atoms with Crippen LogP contribution in [0.3, 0.4) is 0 Å². The van der Waals surface area contributed by atoms with Crippen LogP contribution >= 0.6 is 0 Å². The van der Waals surface area contributed by atoms with E-state index in [1.165, 1.54) is 23.2 Å². The Labute approximate surface area is 296 Å². The molecule has 0 unspecified atom stereocenters. The Morgan fingerprint density at radius 1 is 1.08 bits per heavy atom. The number of carbonyl (C=O) groups excluding carboxylic acids is 2. The first-order valence-electron chi connectivity index (χ1n) is 17.3. The number of amides is 2. The molecule has 3 aromatic rings. The summed E-state index contributed by atoms with van der Waals surface area (Å²) >= 11 is 0. The minimum absolute atomic E-state index is 0.0529. The largest absolute Gasteiger partial charge is 0.507 e. The fourth-order valence-electron chi connectivity index (χ4n) is 6.91. The van der Waals surface area contributed by atoms with Crippen molar-refractivity contribution in [3.8, 4) is 5.75 Å². The highest BCUT2D eigenvalue weighted by molar-refractivity contribution is 5.95. The van der Waals surface area contributed by atoms with Crippen molar-refractivity contribution < 1.29 is 44.7 Å². The highest BCUT2D eigenvalue weighted by atomic mass is 16.6. The number of aryl methyl sites for hydroxylation is 2. The lowest BCUT2D eigenvalue weighted by Crippen LogP contribution is -2.67. The van der Waals surface area contributed by atoms with Gasteiger partial charge in [0.15, 0.2) is 5.60 Å². The topological polar surface area (TPSA) is 216 Å². The molecule has 0 bridgehead atoms. The number of carbonyl (C=O) groups is 3. The van der Waals surface area contributed by atoms with Gasteiger partial charge in [0.1, 0.15) is 24.5 Å². The lowest BCUT2D eigenvalue weighted by atomic mass is 9.81. The smallest absolute Gasteiger partial charge is 0.336 e. The number of rotatable bonds is 13. The highest BCUT2D eigenvalue weighted by Crippen LogP contribution is 2.36. The summed E-state index contributed by atoms with van der Waals surface area (Å²) in [7, 11) is 0. The van der Waals surface area contributed by atoms with Gasteiger partial charge < -0.3 is 40.9 Å². The number of carboxylic acids is 1. The van der Waals surface area contributed by atoms with Gasteiger partial charge in [0.2, 0.25) is 5.91 Å². The van der Waals surface area contributed by atoms with E-state index >= 15 is 0 Å². The Balaban J connectivity index is 1.33. The minimum Gasteiger partial charge on any atom is -0.507 e. The van der Waals surface area contributed by atoms with Gasteiger partial charge in [-0.25, -0.2) is 9.48 Å². The van der Waals surface area contributed by atoms with Crippen molar-refractivity contribution in [1.29, 1.82) is 0 Å². The molecule has 51 heavy (non-hydrogen) atoms. The van der Waals surface area contributed by atoms with E-state index in [0.717, 1.165) is 36.9 Å². The van der Waals surface area contributed by atoms with E-state index in [2.05, 4.69) is 20.9 Å². The van der Waals surface area contributed by atoms with E-state index in [-0.39, 0.29) is 30.2 Å². The molecule has 1 aromatic heterocycles. The van der Waals surface area contributed by atoms with E-state index in [4.69, 9.17) is 4.74 Å². The Hall–Kier alpha value is -4.63. The van der Waals surface area contributed by atoms with E-state index in [0.29, 0.717) is 11.1 Å². The number of carboxylic acid groups (broad SMARTS) is 1.